The lowest BCUT2D eigenvalue weighted by molar-refractivity contribution is 0.521. The summed E-state index contributed by atoms with van der Waals surface area (Å²) in [7, 11) is -0.314. The van der Waals surface area contributed by atoms with Gasteiger partial charge in [-0.05, 0) is 24.3 Å². The van der Waals surface area contributed by atoms with Crippen molar-refractivity contribution in [1.29, 1.82) is 0 Å². The maximum Gasteiger partial charge on any atom is 0.242 e. The number of nitrogens with two attached hydrogens (primary N) is 1. The molecule has 3 N–H and O–H groups in total. The van der Waals surface area contributed by atoms with Crippen molar-refractivity contribution in [2.75, 3.05) is 32.5 Å². The van der Waals surface area contributed by atoms with Crippen molar-refractivity contribution in [3.8, 4) is 0 Å². The van der Waals surface area contributed by atoms with Gasteiger partial charge in [0.1, 0.15) is 0 Å². The fourth-order valence-corrected chi connectivity index (χ4v) is 2.07. The van der Waals surface area contributed by atoms with Crippen molar-refractivity contribution >= 4 is 15.7 Å². The number of nitrogens with zero attached hydrogens (tertiary/aromatic N) is 1. The summed E-state index contributed by atoms with van der Waals surface area (Å²) in [6, 6.07) is 6.61. The predicted octanol–water partition coefficient (Wildman–Crippen LogP) is 0.308. The van der Waals surface area contributed by atoms with Crippen molar-refractivity contribution in [3.05, 3.63) is 24.3 Å². The minimum absolute atomic E-state index is 0.288. The highest BCUT2D eigenvalue weighted by molar-refractivity contribution is 7.89. The molecule has 0 aliphatic carbocycles. The number of anilines is 1. The van der Waals surface area contributed by atoms with E-state index in [0.29, 0.717) is 13.1 Å². The Balaban J connectivity index is 2.87. The van der Waals surface area contributed by atoms with Crippen LogP contribution in [0, 0.1) is 0 Å². The third kappa shape index (κ3) is 2.94. The van der Waals surface area contributed by atoms with Gasteiger partial charge < -0.3 is 11.1 Å². The summed E-state index contributed by atoms with van der Waals surface area (Å²) in [5.74, 6) is 0. The van der Waals surface area contributed by atoms with E-state index in [1.807, 2.05) is 0 Å². The Labute approximate surface area is 96.3 Å². The van der Waals surface area contributed by atoms with Crippen LogP contribution in [0.5, 0.6) is 0 Å². The van der Waals surface area contributed by atoms with Gasteiger partial charge in [-0.15, -0.1) is 0 Å². The van der Waals surface area contributed by atoms with Crippen molar-refractivity contribution in [3.63, 3.8) is 0 Å². The zero-order chi connectivity index (χ0) is 12.2. The fraction of sp³-hybridized carbons (Fsp3) is 0.400. The minimum atomic E-state index is -3.33. The first-order valence-electron chi connectivity index (χ1n) is 4.95. The number of sulfonamides is 1. The summed E-state index contributed by atoms with van der Waals surface area (Å²) in [5, 5.41) is 3.07. The van der Waals surface area contributed by atoms with E-state index in [1.165, 1.54) is 18.4 Å². The van der Waals surface area contributed by atoms with Crippen LogP contribution in [-0.2, 0) is 10.0 Å². The van der Waals surface area contributed by atoms with E-state index in [1.54, 1.807) is 24.3 Å². The molecule has 6 heteroatoms. The van der Waals surface area contributed by atoms with E-state index >= 15 is 0 Å². The molecule has 0 aromatic heterocycles. The van der Waals surface area contributed by atoms with Gasteiger partial charge >= 0.3 is 0 Å². The van der Waals surface area contributed by atoms with Crippen LogP contribution in [0.25, 0.3) is 0 Å². The monoisotopic (exact) mass is 243 g/mol. The first kappa shape index (κ1) is 13.0. The lowest BCUT2D eigenvalue weighted by Gasteiger charge is -2.12. The van der Waals surface area contributed by atoms with Crippen LogP contribution >= 0.6 is 0 Å². The highest BCUT2D eigenvalue weighted by Crippen LogP contribution is 2.16. The van der Waals surface area contributed by atoms with Gasteiger partial charge in [0.2, 0.25) is 10.0 Å². The molecule has 0 saturated heterocycles. The molecule has 5 nitrogen and oxygen atoms in total. The Bertz CT molecular complexity index is 426. The number of rotatable bonds is 5. The van der Waals surface area contributed by atoms with Gasteiger partial charge in [0.25, 0.3) is 0 Å². The van der Waals surface area contributed by atoms with Gasteiger partial charge in [-0.25, -0.2) is 12.7 Å². The zero-order valence-electron chi connectivity index (χ0n) is 9.47. The summed E-state index contributed by atoms with van der Waals surface area (Å²) in [6.45, 7) is 1.21. The highest BCUT2D eigenvalue weighted by atomic mass is 32.2. The Kier molecular flexibility index (Phi) is 4.28. The predicted molar refractivity (Wildman–Crippen MR) is 64.9 cm³/mol. The van der Waals surface area contributed by atoms with Gasteiger partial charge in [0, 0.05) is 32.9 Å². The molecule has 0 bridgehead atoms. The quantitative estimate of drug-likeness (QED) is 0.780. The first-order valence-corrected chi connectivity index (χ1v) is 6.39. The third-order valence-electron chi connectivity index (χ3n) is 2.11. The Hall–Kier alpha value is -1.11. The molecule has 0 unspecified atom stereocenters. The van der Waals surface area contributed by atoms with Gasteiger partial charge in [0.05, 0.1) is 4.90 Å². The number of nitrogens with one attached hydrogen (secondary N) is 1. The number of hydrogen-bond donors (Lipinski definition) is 2. The van der Waals surface area contributed by atoms with Gasteiger partial charge in [-0.2, -0.15) is 0 Å². The van der Waals surface area contributed by atoms with Crippen molar-refractivity contribution in [2.45, 2.75) is 4.90 Å². The molecule has 0 spiro atoms. The van der Waals surface area contributed by atoms with E-state index in [-0.39, 0.29) is 4.90 Å². The molecule has 0 aliphatic rings. The molecule has 0 radical (unpaired) electrons. The summed E-state index contributed by atoms with van der Waals surface area (Å²) >= 11 is 0. The standard InChI is InChI=1S/C10H17N3O2S/c1-13(2)16(14,15)10-5-3-9(4-6-10)12-8-7-11/h3-6,12H,7-8,11H2,1-2H3. The van der Waals surface area contributed by atoms with E-state index < -0.39 is 10.0 Å². The molecule has 0 heterocycles. The minimum Gasteiger partial charge on any atom is -0.384 e. The summed E-state index contributed by atoms with van der Waals surface area (Å²) in [4.78, 5) is 0.288. The molecule has 0 fully saturated rings. The van der Waals surface area contributed by atoms with Crippen molar-refractivity contribution < 1.29 is 8.42 Å². The Morgan fingerprint density at radius 3 is 2.25 bits per heavy atom. The van der Waals surface area contributed by atoms with Crippen LogP contribution in [-0.4, -0.2) is 39.9 Å². The second-order valence-corrected chi connectivity index (χ2v) is 5.68. The van der Waals surface area contributed by atoms with Crippen LogP contribution in [0.1, 0.15) is 0 Å². The maximum absolute atomic E-state index is 11.7. The summed E-state index contributed by atoms with van der Waals surface area (Å²) < 4.78 is 24.7. The molecule has 16 heavy (non-hydrogen) atoms. The van der Waals surface area contributed by atoms with Crippen LogP contribution in [0.4, 0.5) is 5.69 Å². The number of hydrogen-bond acceptors (Lipinski definition) is 4. The maximum atomic E-state index is 11.7. The lowest BCUT2D eigenvalue weighted by atomic mass is 10.3. The van der Waals surface area contributed by atoms with E-state index in [9.17, 15) is 8.42 Å². The Morgan fingerprint density at radius 2 is 1.81 bits per heavy atom. The molecule has 1 rings (SSSR count). The highest BCUT2D eigenvalue weighted by Gasteiger charge is 2.16. The molecule has 0 atom stereocenters. The van der Waals surface area contributed by atoms with E-state index in [0.717, 1.165) is 5.69 Å². The largest absolute Gasteiger partial charge is 0.384 e. The average molecular weight is 243 g/mol. The van der Waals surface area contributed by atoms with Crippen molar-refractivity contribution in [1.82, 2.24) is 4.31 Å². The molecular weight excluding hydrogens is 226 g/mol. The van der Waals surface area contributed by atoms with Crippen LogP contribution in [0.3, 0.4) is 0 Å². The molecule has 90 valence electrons. The average Bonchev–Trinajstić information content (AvgIpc) is 2.26. The van der Waals surface area contributed by atoms with Crippen LogP contribution < -0.4 is 11.1 Å². The normalized spacial score (nSPS) is 11.8. The molecule has 0 aliphatic heterocycles. The molecule has 1 aromatic carbocycles. The molecule has 1 aromatic rings. The fourth-order valence-electron chi connectivity index (χ4n) is 1.17. The van der Waals surface area contributed by atoms with E-state index in [4.69, 9.17) is 5.73 Å². The van der Waals surface area contributed by atoms with Gasteiger partial charge in [-0.3, -0.25) is 0 Å². The molecular formula is C10H17N3O2S. The van der Waals surface area contributed by atoms with Crippen molar-refractivity contribution in [2.24, 2.45) is 5.73 Å². The lowest BCUT2D eigenvalue weighted by Crippen LogP contribution is -2.22. The Morgan fingerprint density at radius 1 is 1.25 bits per heavy atom. The smallest absolute Gasteiger partial charge is 0.242 e. The third-order valence-corrected chi connectivity index (χ3v) is 3.94. The summed E-state index contributed by atoms with van der Waals surface area (Å²) in [5.41, 5.74) is 6.21. The van der Waals surface area contributed by atoms with Gasteiger partial charge in [-0.1, -0.05) is 0 Å². The van der Waals surface area contributed by atoms with Crippen LogP contribution in [0.2, 0.25) is 0 Å². The second-order valence-electron chi connectivity index (χ2n) is 3.53. The SMILES string of the molecule is CN(C)S(=O)(=O)c1ccc(NCCN)cc1. The van der Waals surface area contributed by atoms with Gasteiger partial charge in [0.15, 0.2) is 0 Å². The summed E-state index contributed by atoms with van der Waals surface area (Å²) in [6.07, 6.45) is 0. The second kappa shape index (κ2) is 5.29. The molecule has 0 amide bonds. The van der Waals surface area contributed by atoms with E-state index in [2.05, 4.69) is 5.32 Å². The molecule has 0 saturated carbocycles. The zero-order valence-corrected chi connectivity index (χ0v) is 10.3. The first-order chi connectivity index (χ1) is 7.48. The number of benzene rings is 1. The topological polar surface area (TPSA) is 75.4 Å². The van der Waals surface area contributed by atoms with Crippen LogP contribution in [0.15, 0.2) is 29.2 Å².